The fourth-order valence-corrected chi connectivity index (χ4v) is 2.76. The molecule has 0 spiro atoms. The SMILES string of the molecule is Cc1nn(CCC(=O)NN(C(N)=S)c2cccc(Cl)c2)c(C)c1Br. The molecule has 0 aliphatic rings. The van der Waals surface area contributed by atoms with E-state index in [1.807, 2.05) is 13.8 Å². The van der Waals surface area contributed by atoms with E-state index in [2.05, 4.69) is 26.5 Å². The van der Waals surface area contributed by atoms with Crippen molar-refractivity contribution in [2.45, 2.75) is 26.8 Å². The molecule has 6 nitrogen and oxygen atoms in total. The summed E-state index contributed by atoms with van der Waals surface area (Å²) in [4.78, 5) is 12.2. The quantitative estimate of drug-likeness (QED) is 0.576. The molecular weight excluding hydrogens is 414 g/mol. The monoisotopic (exact) mass is 429 g/mol. The van der Waals surface area contributed by atoms with Gasteiger partial charge in [-0.25, -0.2) is 5.01 Å². The second-order valence-corrected chi connectivity index (χ2v) is 6.79. The Kier molecular flexibility index (Phi) is 6.20. The Bertz CT molecular complexity index is 779. The van der Waals surface area contributed by atoms with Crippen LogP contribution in [0.1, 0.15) is 17.8 Å². The first-order valence-corrected chi connectivity index (χ1v) is 8.71. The van der Waals surface area contributed by atoms with Crippen LogP contribution < -0.4 is 16.2 Å². The van der Waals surface area contributed by atoms with Crippen LogP contribution >= 0.6 is 39.7 Å². The third-order valence-corrected chi connectivity index (χ3v) is 4.93. The number of aryl methyl sites for hydroxylation is 2. The molecule has 24 heavy (non-hydrogen) atoms. The van der Waals surface area contributed by atoms with Gasteiger partial charge in [-0.3, -0.25) is 14.9 Å². The van der Waals surface area contributed by atoms with E-state index >= 15 is 0 Å². The first-order chi connectivity index (χ1) is 11.3. The number of hydrogen-bond acceptors (Lipinski definition) is 3. The molecule has 0 saturated heterocycles. The maximum Gasteiger partial charge on any atom is 0.240 e. The zero-order valence-corrected chi connectivity index (χ0v) is 16.4. The van der Waals surface area contributed by atoms with E-state index < -0.39 is 0 Å². The van der Waals surface area contributed by atoms with Crippen molar-refractivity contribution in [3.8, 4) is 0 Å². The lowest BCUT2D eigenvalue weighted by atomic mass is 10.3. The number of thiocarbonyl (C=S) groups is 1. The van der Waals surface area contributed by atoms with E-state index in [1.54, 1.807) is 28.9 Å². The molecule has 0 unspecified atom stereocenters. The Morgan fingerprint density at radius 1 is 1.50 bits per heavy atom. The van der Waals surface area contributed by atoms with Crippen molar-refractivity contribution >= 4 is 56.5 Å². The summed E-state index contributed by atoms with van der Waals surface area (Å²) in [7, 11) is 0. The van der Waals surface area contributed by atoms with Crippen LogP contribution in [-0.4, -0.2) is 20.8 Å². The predicted octanol–water partition coefficient (Wildman–Crippen LogP) is 3.09. The first-order valence-electron chi connectivity index (χ1n) is 7.13. The molecule has 0 radical (unpaired) electrons. The van der Waals surface area contributed by atoms with Crippen molar-refractivity contribution in [1.29, 1.82) is 0 Å². The number of nitrogens with one attached hydrogen (secondary N) is 1. The Morgan fingerprint density at radius 2 is 2.21 bits per heavy atom. The number of nitrogens with zero attached hydrogens (tertiary/aromatic N) is 3. The van der Waals surface area contributed by atoms with Crippen LogP contribution in [0, 0.1) is 13.8 Å². The minimum atomic E-state index is -0.230. The van der Waals surface area contributed by atoms with Gasteiger partial charge in [-0.15, -0.1) is 0 Å². The number of rotatable bonds is 4. The van der Waals surface area contributed by atoms with Crippen molar-refractivity contribution in [2.24, 2.45) is 5.73 Å². The lowest BCUT2D eigenvalue weighted by molar-refractivity contribution is -0.121. The third-order valence-electron chi connectivity index (χ3n) is 3.37. The first kappa shape index (κ1) is 18.7. The van der Waals surface area contributed by atoms with Crippen molar-refractivity contribution < 1.29 is 4.79 Å². The summed E-state index contributed by atoms with van der Waals surface area (Å²) in [6, 6.07) is 6.90. The third kappa shape index (κ3) is 4.46. The fraction of sp³-hybridized carbons (Fsp3) is 0.267. The summed E-state index contributed by atoms with van der Waals surface area (Å²) >= 11 is 14.4. The molecule has 0 fully saturated rings. The molecule has 3 N–H and O–H groups in total. The van der Waals surface area contributed by atoms with Crippen molar-refractivity contribution in [3.05, 3.63) is 45.1 Å². The molecule has 1 aromatic carbocycles. The molecule has 0 saturated carbocycles. The Morgan fingerprint density at radius 3 is 2.75 bits per heavy atom. The van der Waals surface area contributed by atoms with Crippen LogP contribution in [0.25, 0.3) is 0 Å². The van der Waals surface area contributed by atoms with E-state index in [1.165, 1.54) is 5.01 Å². The largest absolute Gasteiger partial charge is 0.374 e. The maximum atomic E-state index is 12.2. The number of benzene rings is 1. The number of amides is 1. The van der Waals surface area contributed by atoms with Crippen LogP contribution in [0.4, 0.5) is 5.69 Å². The van der Waals surface area contributed by atoms with E-state index in [9.17, 15) is 4.79 Å². The molecule has 9 heteroatoms. The minimum Gasteiger partial charge on any atom is -0.374 e. The number of carbonyl (C=O) groups excluding carboxylic acids is 1. The Labute approximate surface area is 159 Å². The molecule has 1 aromatic heterocycles. The topological polar surface area (TPSA) is 76.2 Å². The second-order valence-electron chi connectivity index (χ2n) is 5.15. The van der Waals surface area contributed by atoms with Gasteiger partial charge in [0.25, 0.3) is 0 Å². The number of anilines is 1. The minimum absolute atomic E-state index is 0.0273. The van der Waals surface area contributed by atoms with Crippen LogP contribution in [0.3, 0.4) is 0 Å². The summed E-state index contributed by atoms with van der Waals surface area (Å²) in [6.45, 7) is 4.29. The van der Waals surface area contributed by atoms with Gasteiger partial charge in [0.15, 0.2) is 5.11 Å². The second kappa shape index (κ2) is 7.96. The maximum absolute atomic E-state index is 12.2. The summed E-state index contributed by atoms with van der Waals surface area (Å²) in [5.74, 6) is -0.230. The lowest BCUT2D eigenvalue weighted by Crippen LogP contribution is -2.49. The number of hydrazine groups is 1. The number of carbonyl (C=O) groups is 1. The number of hydrogen-bond donors (Lipinski definition) is 2. The predicted molar refractivity (Wildman–Crippen MR) is 103 cm³/mol. The highest BCUT2D eigenvalue weighted by atomic mass is 79.9. The van der Waals surface area contributed by atoms with Gasteiger partial charge < -0.3 is 5.73 Å². The van der Waals surface area contributed by atoms with E-state index in [0.717, 1.165) is 15.9 Å². The van der Waals surface area contributed by atoms with E-state index in [0.29, 0.717) is 17.3 Å². The van der Waals surface area contributed by atoms with Crippen LogP contribution in [0.2, 0.25) is 5.02 Å². The van der Waals surface area contributed by atoms with Crippen LogP contribution in [-0.2, 0) is 11.3 Å². The summed E-state index contributed by atoms with van der Waals surface area (Å²) < 4.78 is 2.73. The van der Waals surface area contributed by atoms with Crippen molar-refractivity contribution in [1.82, 2.24) is 15.2 Å². The Hall–Kier alpha value is -1.64. The van der Waals surface area contributed by atoms with Gasteiger partial charge in [0.1, 0.15) is 0 Å². The molecule has 0 atom stereocenters. The smallest absolute Gasteiger partial charge is 0.240 e. The molecule has 1 heterocycles. The average molecular weight is 431 g/mol. The molecule has 128 valence electrons. The average Bonchev–Trinajstić information content (AvgIpc) is 2.77. The van der Waals surface area contributed by atoms with Gasteiger partial charge in [0.2, 0.25) is 5.91 Å². The zero-order chi connectivity index (χ0) is 17.9. The molecule has 0 bridgehead atoms. The summed E-state index contributed by atoms with van der Waals surface area (Å²) in [5.41, 5.74) is 10.8. The van der Waals surface area contributed by atoms with E-state index in [-0.39, 0.29) is 17.4 Å². The number of nitrogens with two attached hydrogens (primary N) is 1. The van der Waals surface area contributed by atoms with E-state index in [4.69, 9.17) is 29.6 Å². The summed E-state index contributed by atoms with van der Waals surface area (Å²) in [5, 5.41) is 6.26. The standard InChI is InChI=1S/C15H17BrClN5OS/c1-9-14(16)10(2)21(19-9)7-6-13(23)20-22(15(18)24)12-5-3-4-11(17)8-12/h3-5,8H,6-7H2,1-2H3,(H2,18,24)(H,20,23). The fourth-order valence-electron chi connectivity index (χ4n) is 2.14. The van der Waals surface area contributed by atoms with Gasteiger partial charge in [-0.05, 0) is 60.2 Å². The van der Waals surface area contributed by atoms with Gasteiger partial charge in [-0.1, -0.05) is 17.7 Å². The van der Waals surface area contributed by atoms with Crippen molar-refractivity contribution in [2.75, 3.05) is 5.01 Å². The van der Waals surface area contributed by atoms with Crippen LogP contribution in [0.5, 0.6) is 0 Å². The van der Waals surface area contributed by atoms with Gasteiger partial charge in [-0.2, -0.15) is 5.10 Å². The highest BCUT2D eigenvalue weighted by Crippen LogP contribution is 2.20. The molecule has 2 rings (SSSR count). The van der Waals surface area contributed by atoms with Gasteiger partial charge in [0.05, 0.1) is 22.4 Å². The van der Waals surface area contributed by atoms with Crippen molar-refractivity contribution in [3.63, 3.8) is 0 Å². The highest BCUT2D eigenvalue weighted by Gasteiger charge is 2.15. The van der Waals surface area contributed by atoms with Gasteiger partial charge in [0, 0.05) is 17.1 Å². The Balaban J connectivity index is 2.03. The van der Waals surface area contributed by atoms with Crippen LogP contribution in [0.15, 0.2) is 28.7 Å². The molecular formula is C15H17BrClN5OS. The lowest BCUT2D eigenvalue weighted by Gasteiger charge is -2.23. The molecule has 0 aliphatic carbocycles. The molecule has 2 aromatic rings. The molecule has 0 aliphatic heterocycles. The molecule has 1 amide bonds. The highest BCUT2D eigenvalue weighted by molar-refractivity contribution is 9.10. The van der Waals surface area contributed by atoms with Gasteiger partial charge >= 0.3 is 0 Å². The number of aromatic nitrogens is 2. The summed E-state index contributed by atoms with van der Waals surface area (Å²) in [6.07, 6.45) is 0.230. The number of halogens is 2. The zero-order valence-electron chi connectivity index (χ0n) is 13.2. The normalized spacial score (nSPS) is 10.5.